The predicted molar refractivity (Wildman–Crippen MR) is 130 cm³/mol. The second-order valence-corrected chi connectivity index (χ2v) is 10.8. The molecule has 2 rings (SSSR count). The van der Waals surface area contributed by atoms with Gasteiger partial charge in [-0.25, -0.2) is 8.42 Å². The van der Waals surface area contributed by atoms with Crippen molar-refractivity contribution in [2.24, 2.45) is 4.99 Å². The highest BCUT2D eigenvalue weighted by molar-refractivity contribution is 14.0. The van der Waals surface area contributed by atoms with Crippen LogP contribution in [0, 0.1) is 0 Å². The van der Waals surface area contributed by atoms with Gasteiger partial charge in [-0.05, 0) is 32.9 Å². The molecule has 0 bridgehead atoms. The first-order valence-corrected chi connectivity index (χ1v) is 11.5. The Hall–Kier alpha value is -1.07. The standard InChI is InChI=1S/C20H34N4O3S.HI/c1-20(2,3)28(25,26)17-10-22-19(21-4)24-13-11-23(12-14-24)15-16-27-18-8-6-5-7-9-18;/h5-9H,10-17H2,1-4H3,(H,21,22);1H. The first-order valence-electron chi connectivity index (χ1n) is 9.81. The molecule has 1 heterocycles. The first-order chi connectivity index (χ1) is 13.2. The molecule has 0 saturated carbocycles. The monoisotopic (exact) mass is 538 g/mol. The number of para-hydroxylation sites is 1. The van der Waals surface area contributed by atoms with Crippen LogP contribution in [-0.2, 0) is 9.84 Å². The zero-order valence-electron chi connectivity index (χ0n) is 17.9. The first kappa shape index (κ1) is 26.0. The summed E-state index contributed by atoms with van der Waals surface area (Å²) in [6.45, 7) is 10.7. The summed E-state index contributed by atoms with van der Waals surface area (Å²) in [6, 6.07) is 9.85. The Morgan fingerprint density at radius 3 is 2.31 bits per heavy atom. The number of hydrogen-bond acceptors (Lipinski definition) is 5. The molecule has 0 atom stereocenters. The molecule has 9 heteroatoms. The van der Waals surface area contributed by atoms with Gasteiger partial charge in [0.05, 0.1) is 10.5 Å². The molecule has 29 heavy (non-hydrogen) atoms. The van der Waals surface area contributed by atoms with Gasteiger partial charge in [-0.3, -0.25) is 9.89 Å². The van der Waals surface area contributed by atoms with E-state index in [1.807, 2.05) is 30.3 Å². The van der Waals surface area contributed by atoms with Gasteiger partial charge in [0.25, 0.3) is 0 Å². The van der Waals surface area contributed by atoms with Crippen molar-refractivity contribution >= 4 is 39.8 Å². The molecule has 1 saturated heterocycles. The van der Waals surface area contributed by atoms with E-state index in [1.54, 1.807) is 27.8 Å². The molecule has 1 N–H and O–H groups in total. The Morgan fingerprint density at radius 2 is 1.76 bits per heavy atom. The van der Waals surface area contributed by atoms with Crippen LogP contribution in [0.3, 0.4) is 0 Å². The zero-order chi connectivity index (χ0) is 20.6. The Labute approximate surface area is 192 Å². The molecule has 0 radical (unpaired) electrons. The number of piperazine rings is 1. The van der Waals surface area contributed by atoms with E-state index in [0.717, 1.165) is 44.4 Å². The van der Waals surface area contributed by atoms with Gasteiger partial charge in [0, 0.05) is 46.3 Å². The molecule has 1 aliphatic heterocycles. The fourth-order valence-electron chi connectivity index (χ4n) is 2.93. The third-order valence-electron chi connectivity index (χ3n) is 4.89. The van der Waals surface area contributed by atoms with E-state index in [9.17, 15) is 8.42 Å². The molecule has 1 aromatic rings. The summed E-state index contributed by atoms with van der Waals surface area (Å²) in [5.74, 6) is 1.77. The van der Waals surface area contributed by atoms with Crippen LogP contribution in [0.15, 0.2) is 35.3 Å². The highest BCUT2D eigenvalue weighted by Crippen LogP contribution is 2.15. The molecule has 1 aromatic carbocycles. The van der Waals surface area contributed by atoms with E-state index >= 15 is 0 Å². The SMILES string of the molecule is CN=C(NCCS(=O)(=O)C(C)(C)C)N1CCN(CCOc2ccccc2)CC1.I. The van der Waals surface area contributed by atoms with Crippen LogP contribution in [0.5, 0.6) is 5.75 Å². The number of hydrogen-bond donors (Lipinski definition) is 1. The molecule has 7 nitrogen and oxygen atoms in total. The summed E-state index contributed by atoms with van der Waals surface area (Å²) < 4.78 is 29.5. The van der Waals surface area contributed by atoms with Crippen LogP contribution >= 0.6 is 24.0 Å². The molecule has 166 valence electrons. The van der Waals surface area contributed by atoms with Gasteiger partial charge < -0.3 is 15.0 Å². The second-order valence-electron chi connectivity index (χ2n) is 7.90. The largest absolute Gasteiger partial charge is 0.492 e. The highest BCUT2D eigenvalue weighted by Gasteiger charge is 2.28. The summed E-state index contributed by atoms with van der Waals surface area (Å²) in [4.78, 5) is 8.86. The van der Waals surface area contributed by atoms with E-state index in [2.05, 4.69) is 20.1 Å². The summed E-state index contributed by atoms with van der Waals surface area (Å²) in [6.07, 6.45) is 0. The maximum absolute atomic E-state index is 12.2. The number of aliphatic imine (C=N–C) groups is 1. The summed E-state index contributed by atoms with van der Waals surface area (Å²) in [5, 5.41) is 3.20. The normalized spacial score (nSPS) is 16.3. The third-order valence-corrected chi connectivity index (χ3v) is 7.50. The summed E-state index contributed by atoms with van der Waals surface area (Å²) in [7, 11) is -1.40. The van der Waals surface area contributed by atoms with Crippen molar-refractivity contribution in [1.82, 2.24) is 15.1 Å². The van der Waals surface area contributed by atoms with Gasteiger partial charge in [-0.15, -0.1) is 24.0 Å². The molecule has 0 spiro atoms. The molecule has 1 fully saturated rings. The van der Waals surface area contributed by atoms with E-state index in [-0.39, 0.29) is 29.7 Å². The van der Waals surface area contributed by atoms with Crippen molar-refractivity contribution in [3.05, 3.63) is 30.3 Å². The lowest BCUT2D eigenvalue weighted by Gasteiger charge is -2.36. The van der Waals surface area contributed by atoms with Gasteiger partial charge in [0.1, 0.15) is 12.4 Å². The lowest BCUT2D eigenvalue weighted by molar-refractivity contribution is 0.152. The van der Waals surface area contributed by atoms with Crippen LogP contribution in [-0.4, -0.2) is 87.6 Å². The molecular weight excluding hydrogens is 503 g/mol. The van der Waals surface area contributed by atoms with Crippen molar-refractivity contribution in [3.8, 4) is 5.75 Å². The van der Waals surface area contributed by atoms with Crippen LogP contribution in [0.25, 0.3) is 0 Å². The maximum atomic E-state index is 12.2. The summed E-state index contributed by atoms with van der Waals surface area (Å²) >= 11 is 0. The molecule has 0 amide bonds. The van der Waals surface area contributed by atoms with Crippen molar-refractivity contribution in [3.63, 3.8) is 0 Å². The van der Waals surface area contributed by atoms with Crippen LogP contribution < -0.4 is 10.1 Å². The number of halogens is 1. The highest BCUT2D eigenvalue weighted by atomic mass is 127. The fraction of sp³-hybridized carbons (Fsp3) is 0.650. The zero-order valence-corrected chi connectivity index (χ0v) is 21.1. The van der Waals surface area contributed by atoms with E-state index in [0.29, 0.717) is 13.2 Å². The number of rotatable bonds is 7. The molecule has 0 aromatic heterocycles. The quantitative estimate of drug-likeness (QED) is 0.326. The van der Waals surface area contributed by atoms with Crippen molar-refractivity contribution < 1.29 is 13.2 Å². The number of benzene rings is 1. The Kier molecular flexibility index (Phi) is 10.7. The number of sulfone groups is 1. The minimum atomic E-state index is -3.13. The minimum Gasteiger partial charge on any atom is -0.492 e. The molecular formula is C20H35IN4O3S. The van der Waals surface area contributed by atoms with E-state index < -0.39 is 14.6 Å². The summed E-state index contributed by atoms with van der Waals surface area (Å²) in [5.41, 5.74) is 0. The Balaban J connectivity index is 0.00000420. The number of guanidine groups is 1. The third kappa shape index (κ3) is 8.29. The topological polar surface area (TPSA) is 74.2 Å². The average molecular weight is 538 g/mol. The second kappa shape index (κ2) is 11.9. The smallest absolute Gasteiger partial charge is 0.193 e. The van der Waals surface area contributed by atoms with Crippen LogP contribution in [0.2, 0.25) is 0 Å². The van der Waals surface area contributed by atoms with Crippen molar-refractivity contribution in [1.29, 1.82) is 0 Å². The average Bonchev–Trinajstić information content (AvgIpc) is 2.66. The molecule has 1 aliphatic rings. The Morgan fingerprint density at radius 1 is 1.14 bits per heavy atom. The maximum Gasteiger partial charge on any atom is 0.193 e. The van der Waals surface area contributed by atoms with Gasteiger partial charge in [0.2, 0.25) is 0 Å². The number of ether oxygens (including phenoxy) is 1. The predicted octanol–water partition coefficient (Wildman–Crippen LogP) is 2.09. The van der Waals surface area contributed by atoms with Gasteiger partial charge >= 0.3 is 0 Å². The lowest BCUT2D eigenvalue weighted by atomic mass is 10.3. The minimum absolute atomic E-state index is 0. The van der Waals surface area contributed by atoms with Gasteiger partial charge in [-0.2, -0.15) is 0 Å². The van der Waals surface area contributed by atoms with Crippen molar-refractivity contribution in [2.45, 2.75) is 25.5 Å². The van der Waals surface area contributed by atoms with Gasteiger partial charge in [-0.1, -0.05) is 18.2 Å². The van der Waals surface area contributed by atoms with E-state index in [4.69, 9.17) is 4.74 Å². The van der Waals surface area contributed by atoms with Gasteiger partial charge in [0.15, 0.2) is 15.8 Å². The fourth-order valence-corrected chi connectivity index (χ4v) is 3.91. The van der Waals surface area contributed by atoms with E-state index in [1.165, 1.54) is 0 Å². The van der Waals surface area contributed by atoms with Crippen molar-refractivity contribution in [2.75, 3.05) is 58.7 Å². The van der Waals surface area contributed by atoms with Crippen LogP contribution in [0.1, 0.15) is 20.8 Å². The lowest BCUT2D eigenvalue weighted by Crippen LogP contribution is -2.53. The number of nitrogens with zero attached hydrogens (tertiary/aromatic N) is 3. The number of nitrogens with one attached hydrogen (secondary N) is 1. The Bertz CT molecular complexity index is 728. The molecule has 0 unspecified atom stereocenters. The van der Waals surface area contributed by atoms with Crippen LogP contribution in [0.4, 0.5) is 0 Å². The molecule has 0 aliphatic carbocycles.